The Kier molecular flexibility index (Phi) is 7.11. The van der Waals surface area contributed by atoms with Crippen molar-refractivity contribution in [3.63, 3.8) is 0 Å². The molecular formula is C22H18FNO6S. The summed E-state index contributed by atoms with van der Waals surface area (Å²) in [4.78, 5) is 23.8. The van der Waals surface area contributed by atoms with Crippen LogP contribution >= 0.6 is 0 Å². The number of ether oxygens (including phenoxy) is 1. The van der Waals surface area contributed by atoms with E-state index in [1.54, 1.807) is 12.1 Å². The number of benzene rings is 2. The highest BCUT2D eigenvalue weighted by atomic mass is 32.2. The summed E-state index contributed by atoms with van der Waals surface area (Å²) in [6.45, 7) is -0.452. The minimum absolute atomic E-state index is 0.0273. The fourth-order valence-corrected chi connectivity index (χ4v) is 3.48. The summed E-state index contributed by atoms with van der Waals surface area (Å²) in [6, 6.07) is 14.1. The van der Waals surface area contributed by atoms with Gasteiger partial charge < -0.3 is 9.15 Å². The van der Waals surface area contributed by atoms with Gasteiger partial charge in [-0.25, -0.2) is 22.3 Å². The number of carbonyl (C=O) groups excluding carboxylic acids is 2. The molecule has 1 N–H and O–H groups in total. The van der Waals surface area contributed by atoms with Crippen LogP contribution in [0.3, 0.4) is 0 Å². The van der Waals surface area contributed by atoms with Crippen LogP contribution in [0.15, 0.2) is 82.3 Å². The maximum Gasteiger partial charge on any atom is 0.331 e. The van der Waals surface area contributed by atoms with Crippen LogP contribution in [0.1, 0.15) is 21.7 Å². The fraction of sp³-hybridized carbons (Fsp3) is 0.0909. The molecule has 1 aromatic heterocycles. The molecule has 7 nitrogen and oxygen atoms in total. The summed E-state index contributed by atoms with van der Waals surface area (Å²) < 4.78 is 49.8. The van der Waals surface area contributed by atoms with E-state index in [1.165, 1.54) is 48.7 Å². The van der Waals surface area contributed by atoms with E-state index in [0.29, 0.717) is 11.3 Å². The van der Waals surface area contributed by atoms with Gasteiger partial charge in [-0.2, -0.15) is 0 Å². The van der Waals surface area contributed by atoms with Crippen LogP contribution < -0.4 is 4.72 Å². The number of hydrogen-bond donors (Lipinski definition) is 1. The Morgan fingerprint density at radius 2 is 1.74 bits per heavy atom. The van der Waals surface area contributed by atoms with Gasteiger partial charge in [0.2, 0.25) is 10.0 Å². The average molecular weight is 443 g/mol. The number of carbonyl (C=O) groups is 2. The van der Waals surface area contributed by atoms with Crippen molar-refractivity contribution in [1.29, 1.82) is 0 Å². The van der Waals surface area contributed by atoms with Crippen molar-refractivity contribution in [2.45, 2.75) is 11.4 Å². The Labute approximate surface area is 178 Å². The molecule has 0 aliphatic rings. The minimum Gasteiger partial charge on any atom is -0.468 e. The molecule has 0 spiro atoms. The van der Waals surface area contributed by atoms with Crippen molar-refractivity contribution >= 4 is 27.9 Å². The molecule has 1 heterocycles. The molecule has 0 atom stereocenters. The zero-order valence-corrected chi connectivity index (χ0v) is 17.0. The normalized spacial score (nSPS) is 11.5. The first-order chi connectivity index (χ1) is 14.8. The van der Waals surface area contributed by atoms with Crippen molar-refractivity contribution in [3.8, 4) is 0 Å². The molecule has 2 aromatic carbocycles. The first-order valence-electron chi connectivity index (χ1n) is 9.09. The van der Waals surface area contributed by atoms with Crippen LogP contribution in [0.5, 0.6) is 0 Å². The maximum atomic E-state index is 12.9. The van der Waals surface area contributed by atoms with Crippen LogP contribution in [0.2, 0.25) is 0 Å². The Morgan fingerprint density at radius 1 is 1.03 bits per heavy atom. The minimum atomic E-state index is -3.72. The van der Waals surface area contributed by atoms with E-state index in [4.69, 9.17) is 9.15 Å². The molecule has 0 fully saturated rings. The second-order valence-corrected chi connectivity index (χ2v) is 8.11. The van der Waals surface area contributed by atoms with Gasteiger partial charge >= 0.3 is 5.97 Å². The van der Waals surface area contributed by atoms with Gasteiger partial charge in [0, 0.05) is 11.6 Å². The average Bonchev–Trinajstić information content (AvgIpc) is 3.29. The SMILES string of the molecule is O=C(/C=C/c1ccc(S(=O)(=O)NCc2ccco2)cc1)OCC(=O)c1ccc(F)cc1. The maximum absolute atomic E-state index is 12.9. The topological polar surface area (TPSA) is 103 Å². The van der Waals surface area contributed by atoms with E-state index < -0.39 is 34.2 Å². The number of ketones is 1. The smallest absolute Gasteiger partial charge is 0.331 e. The third-order valence-corrected chi connectivity index (χ3v) is 5.55. The molecule has 0 aliphatic carbocycles. The van der Waals surface area contributed by atoms with E-state index >= 15 is 0 Å². The molecule has 0 unspecified atom stereocenters. The molecule has 3 rings (SSSR count). The zero-order chi connectivity index (χ0) is 22.3. The Bertz CT molecular complexity index is 1170. The van der Waals surface area contributed by atoms with E-state index in [2.05, 4.69) is 4.72 Å². The monoisotopic (exact) mass is 443 g/mol. The van der Waals surface area contributed by atoms with Crippen LogP contribution in [0.25, 0.3) is 6.08 Å². The lowest BCUT2D eigenvalue weighted by Gasteiger charge is -2.05. The lowest BCUT2D eigenvalue weighted by Crippen LogP contribution is -2.22. The van der Waals surface area contributed by atoms with Crippen molar-refractivity contribution in [2.24, 2.45) is 0 Å². The van der Waals surface area contributed by atoms with Crippen molar-refractivity contribution < 1.29 is 31.6 Å². The lowest BCUT2D eigenvalue weighted by molar-refractivity contribution is -0.136. The molecule has 31 heavy (non-hydrogen) atoms. The van der Waals surface area contributed by atoms with Crippen LogP contribution in [-0.4, -0.2) is 26.8 Å². The number of sulfonamides is 1. The quantitative estimate of drug-likeness (QED) is 0.309. The highest BCUT2D eigenvalue weighted by molar-refractivity contribution is 7.89. The Hall–Kier alpha value is -3.56. The fourth-order valence-electron chi connectivity index (χ4n) is 2.49. The predicted molar refractivity (Wildman–Crippen MR) is 110 cm³/mol. The number of esters is 1. The van der Waals surface area contributed by atoms with Gasteiger partial charge in [0.15, 0.2) is 12.4 Å². The summed E-state index contributed by atoms with van der Waals surface area (Å²) in [5.41, 5.74) is 0.794. The first-order valence-corrected chi connectivity index (χ1v) is 10.6. The molecule has 160 valence electrons. The molecule has 3 aromatic rings. The van der Waals surface area contributed by atoms with Gasteiger partial charge in [-0.05, 0) is 60.2 Å². The van der Waals surface area contributed by atoms with Gasteiger partial charge in [0.1, 0.15) is 11.6 Å². The molecule has 0 saturated carbocycles. The van der Waals surface area contributed by atoms with Crippen LogP contribution in [0.4, 0.5) is 4.39 Å². The molecule has 0 aliphatic heterocycles. The van der Waals surface area contributed by atoms with E-state index in [-0.39, 0.29) is 17.0 Å². The predicted octanol–water partition coefficient (Wildman–Crippen LogP) is 3.34. The molecular weight excluding hydrogens is 425 g/mol. The summed E-state index contributed by atoms with van der Waals surface area (Å²) >= 11 is 0. The number of halogens is 1. The Balaban J connectivity index is 1.51. The van der Waals surface area contributed by atoms with Crippen LogP contribution in [0, 0.1) is 5.82 Å². The van der Waals surface area contributed by atoms with E-state index in [1.807, 2.05) is 0 Å². The molecule has 0 saturated heterocycles. The molecule has 0 radical (unpaired) electrons. The van der Waals surface area contributed by atoms with Crippen molar-refractivity contribution in [3.05, 3.63) is 95.7 Å². The molecule has 0 bridgehead atoms. The zero-order valence-electron chi connectivity index (χ0n) is 16.2. The van der Waals surface area contributed by atoms with Crippen molar-refractivity contribution in [2.75, 3.05) is 6.61 Å². The third kappa shape index (κ3) is 6.46. The number of rotatable bonds is 9. The van der Waals surface area contributed by atoms with E-state index in [9.17, 15) is 22.4 Å². The summed E-state index contributed by atoms with van der Waals surface area (Å²) in [5, 5.41) is 0. The Morgan fingerprint density at radius 3 is 2.39 bits per heavy atom. The number of furan rings is 1. The largest absolute Gasteiger partial charge is 0.468 e. The van der Waals surface area contributed by atoms with Crippen molar-refractivity contribution in [1.82, 2.24) is 4.72 Å². The van der Waals surface area contributed by atoms with Gasteiger partial charge in [0.05, 0.1) is 17.7 Å². The van der Waals surface area contributed by atoms with Crippen LogP contribution in [-0.2, 0) is 26.1 Å². The number of Topliss-reactive ketones (excluding diaryl/α,β-unsaturated/α-hetero) is 1. The second-order valence-electron chi connectivity index (χ2n) is 6.34. The number of hydrogen-bond acceptors (Lipinski definition) is 6. The van der Waals surface area contributed by atoms with Gasteiger partial charge in [-0.3, -0.25) is 4.79 Å². The van der Waals surface area contributed by atoms with Gasteiger partial charge in [-0.1, -0.05) is 12.1 Å². The molecule has 9 heteroatoms. The first kappa shape index (κ1) is 22.1. The molecule has 0 amide bonds. The van der Waals surface area contributed by atoms with Gasteiger partial charge in [0.25, 0.3) is 0 Å². The summed E-state index contributed by atoms with van der Waals surface area (Å²) in [5.74, 6) is -1.19. The highest BCUT2D eigenvalue weighted by Gasteiger charge is 2.14. The second kappa shape index (κ2) is 9.96. The standard InChI is InChI=1S/C22H18FNO6S/c23-18-8-6-17(7-9-18)21(25)15-30-22(26)12-5-16-3-10-20(11-4-16)31(27,28)24-14-19-2-1-13-29-19/h1-13,24H,14-15H2/b12-5+. The van der Waals surface area contributed by atoms with E-state index in [0.717, 1.165) is 18.2 Å². The lowest BCUT2D eigenvalue weighted by atomic mass is 10.1. The highest BCUT2D eigenvalue weighted by Crippen LogP contribution is 2.13. The number of nitrogens with one attached hydrogen (secondary N) is 1. The third-order valence-electron chi connectivity index (χ3n) is 4.13. The van der Waals surface area contributed by atoms with Gasteiger partial charge in [-0.15, -0.1) is 0 Å². The summed E-state index contributed by atoms with van der Waals surface area (Å²) in [7, 11) is -3.72. The summed E-state index contributed by atoms with van der Waals surface area (Å²) in [6.07, 6.45) is 4.00.